The van der Waals surface area contributed by atoms with Crippen LogP contribution in [0.5, 0.6) is 0 Å². The average molecular weight is 168 g/mol. The number of rotatable bonds is 1. The van der Waals surface area contributed by atoms with Gasteiger partial charge in [0.25, 0.3) is 0 Å². The minimum Gasteiger partial charge on any atom is -0.326 e. The van der Waals surface area contributed by atoms with Gasteiger partial charge in [0.05, 0.1) is 0 Å². The molecule has 0 spiro atoms. The van der Waals surface area contributed by atoms with E-state index >= 15 is 0 Å². The first kappa shape index (κ1) is 8.52. The Morgan fingerprint density at radius 2 is 1.75 bits per heavy atom. The monoisotopic (exact) mass is 168 g/mol. The van der Waals surface area contributed by atoms with Crippen LogP contribution in [0.3, 0.4) is 0 Å². The van der Waals surface area contributed by atoms with Crippen molar-refractivity contribution in [2.75, 3.05) is 13.1 Å². The second-order valence-corrected chi connectivity index (χ2v) is 5.48. The van der Waals surface area contributed by atoms with Gasteiger partial charge in [-0.05, 0) is 17.8 Å². The Balaban J connectivity index is 1.77. The van der Waals surface area contributed by atoms with E-state index in [9.17, 15) is 0 Å². The molecular weight excluding hydrogens is 148 g/mol. The zero-order valence-electron chi connectivity index (χ0n) is 8.38. The summed E-state index contributed by atoms with van der Waals surface area (Å²) in [5, 5.41) is 0. The summed E-state index contributed by atoms with van der Waals surface area (Å²) >= 11 is 0. The van der Waals surface area contributed by atoms with Gasteiger partial charge in [0, 0.05) is 25.2 Å². The topological polar surface area (TPSA) is 29.3 Å². The van der Waals surface area contributed by atoms with E-state index in [-0.39, 0.29) is 0 Å². The number of nitrogens with two attached hydrogens (primary N) is 1. The summed E-state index contributed by atoms with van der Waals surface area (Å²) in [4.78, 5) is 2.54. The third kappa shape index (κ3) is 1.38. The molecule has 1 saturated carbocycles. The van der Waals surface area contributed by atoms with E-state index in [0.29, 0.717) is 11.5 Å². The van der Waals surface area contributed by atoms with Gasteiger partial charge in [-0.15, -0.1) is 0 Å². The van der Waals surface area contributed by atoms with Crippen LogP contribution in [0.4, 0.5) is 0 Å². The standard InChI is InChI=1S/C10H20N2/c1-10(2,3)7-5-12(6-7)9-4-8(9)11/h7-9H,4-6,11H2,1-3H3. The van der Waals surface area contributed by atoms with Gasteiger partial charge in [-0.25, -0.2) is 0 Å². The smallest absolute Gasteiger partial charge is 0.0263 e. The summed E-state index contributed by atoms with van der Waals surface area (Å²) in [6.45, 7) is 9.56. The molecule has 1 aliphatic heterocycles. The fraction of sp³-hybridized carbons (Fsp3) is 1.00. The molecule has 0 aromatic carbocycles. The molecule has 0 aromatic rings. The largest absolute Gasteiger partial charge is 0.326 e. The van der Waals surface area contributed by atoms with Gasteiger partial charge < -0.3 is 5.73 Å². The summed E-state index contributed by atoms with van der Waals surface area (Å²) < 4.78 is 0. The van der Waals surface area contributed by atoms with Gasteiger partial charge in [0.15, 0.2) is 0 Å². The van der Waals surface area contributed by atoms with E-state index in [1.807, 2.05) is 0 Å². The van der Waals surface area contributed by atoms with Crippen LogP contribution in [0.15, 0.2) is 0 Å². The second kappa shape index (κ2) is 2.46. The lowest BCUT2D eigenvalue weighted by Crippen LogP contribution is -2.53. The maximum Gasteiger partial charge on any atom is 0.0263 e. The highest BCUT2D eigenvalue weighted by Gasteiger charge is 2.46. The molecule has 2 nitrogen and oxygen atoms in total. The summed E-state index contributed by atoms with van der Waals surface area (Å²) in [6.07, 6.45) is 1.23. The lowest BCUT2D eigenvalue weighted by atomic mass is 9.76. The van der Waals surface area contributed by atoms with Crippen molar-refractivity contribution >= 4 is 0 Å². The van der Waals surface area contributed by atoms with E-state index in [0.717, 1.165) is 12.0 Å². The van der Waals surface area contributed by atoms with E-state index in [2.05, 4.69) is 25.7 Å². The molecule has 0 aromatic heterocycles. The minimum atomic E-state index is 0.492. The Morgan fingerprint density at radius 3 is 2.08 bits per heavy atom. The second-order valence-electron chi connectivity index (χ2n) is 5.48. The summed E-state index contributed by atoms with van der Waals surface area (Å²) in [6, 6.07) is 1.23. The molecule has 2 fully saturated rings. The molecule has 12 heavy (non-hydrogen) atoms. The van der Waals surface area contributed by atoms with Crippen LogP contribution in [-0.4, -0.2) is 30.1 Å². The van der Waals surface area contributed by atoms with Crippen molar-refractivity contribution in [3.8, 4) is 0 Å². The molecule has 1 heterocycles. The van der Waals surface area contributed by atoms with Crippen LogP contribution in [0, 0.1) is 11.3 Å². The molecule has 0 amide bonds. The van der Waals surface area contributed by atoms with Gasteiger partial charge in [-0.2, -0.15) is 0 Å². The lowest BCUT2D eigenvalue weighted by molar-refractivity contribution is 0.0175. The number of hydrogen-bond donors (Lipinski definition) is 1. The van der Waals surface area contributed by atoms with Gasteiger partial charge >= 0.3 is 0 Å². The zero-order chi connectivity index (χ0) is 8.93. The van der Waals surface area contributed by atoms with Gasteiger partial charge in [0.1, 0.15) is 0 Å². The summed E-state index contributed by atoms with van der Waals surface area (Å²) in [7, 11) is 0. The molecular formula is C10H20N2. The van der Waals surface area contributed by atoms with Gasteiger partial charge in [-0.1, -0.05) is 20.8 Å². The molecule has 70 valence electrons. The Hall–Kier alpha value is -0.0800. The van der Waals surface area contributed by atoms with Crippen LogP contribution < -0.4 is 5.73 Å². The van der Waals surface area contributed by atoms with E-state index in [1.165, 1.54) is 19.5 Å². The average Bonchev–Trinajstić information content (AvgIpc) is 2.37. The molecule has 2 N–H and O–H groups in total. The molecule has 1 aliphatic carbocycles. The van der Waals surface area contributed by atoms with E-state index in [1.54, 1.807) is 0 Å². The number of hydrogen-bond acceptors (Lipinski definition) is 2. The molecule has 1 saturated heterocycles. The summed E-state index contributed by atoms with van der Waals surface area (Å²) in [5.74, 6) is 0.894. The normalized spacial score (nSPS) is 38.0. The quantitative estimate of drug-likeness (QED) is 0.634. The van der Waals surface area contributed by atoms with Gasteiger partial charge in [-0.3, -0.25) is 4.90 Å². The summed E-state index contributed by atoms with van der Waals surface area (Å²) in [5.41, 5.74) is 6.29. The van der Waals surface area contributed by atoms with Crippen molar-refractivity contribution in [1.82, 2.24) is 4.90 Å². The van der Waals surface area contributed by atoms with E-state index < -0.39 is 0 Å². The van der Waals surface area contributed by atoms with Crippen LogP contribution >= 0.6 is 0 Å². The van der Waals surface area contributed by atoms with Crippen molar-refractivity contribution in [2.45, 2.75) is 39.3 Å². The van der Waals surface area contributed by atoms with Crippen molar-refractivity contribution in [3.63, 3.8) is 0 Å². The fourth-order valence-corrected chi connectivity index (χ4v) is 1.95. The van der Waals surface area contributed by atoms with Crippen LogP contribution in [0.25, 0.3) is 0 Å². The Bertz CT molecular complexity index is 177. The predicted octanol–water partition coefficient (Wildman–Crippen LogP) is 1.06. The Labute approximate surface area is 75.1 Å². The lowest BCUT2D eigenvalue weighted by Gasteiger charge is -2.46. The fourth-order valence-electron chi connectivity index (χ4n) is 1.95. The van der Waals surface area contributed by atoms with Crippen molar-refractivity contribution < 1.29 is 0 Å². The molecule has 0 bridgehead atoms. The van der Waals surface area contributed by atoms with Crippen molar-refractivity contribution in [2.24, 2.45) is 17.1 Å². The first-order valence-corrected chi connectivity index (χ1v) is 4.98. The highest BCUT2D eigenvalue weighted by atomic mass is 15.3. The molecule has 2 rings (SSSR count). The zero-order valence-corrected chi connectivity index (χ0v) is 8.38. The first-order chi connectivity index (χ1) is 5.48. The molecule has 0 radical (unpaired) electrons. The maximum atomic E-state index is 5.79. The molecule has 2 aliphatic rings. The molecule has 2 atom stereocenters. The highest BCUT2D eigenvalue weighted by Crippen LogP contribution is 2.39. The minimum absolute atomic E-state index is 0.492. The van der Waals surface area contributed by atoms with Crippen molar-refractivity contribution in [3.05, 3.63) is 0 Å². The SMILES string of the molecule is CC(C)(C)C1CN(C2CC2N)C1. The van der Waals surface area contributed by atoms with Crippen LogP contribution in [0.2, 0.25) is 0 Å². The third-order valence-electron chi connectivity index (χ3n) is 3.41. The van der Waals surface area contributed by atoms with Gasteiger partial charge in [0.2, 0.25) is 0 Å². The predicted molar refractivity (Wildman–Crippen MR) is 50.9 cm³/mol. The molecule has 2 heteroatoms. The Kier molecular flexibility index (Phi) is 1.74. The van der Waals surface area contributed by atoms with Crippen LogP contribution in [0.1, 0.15) is 27.2 Å². The third-order valence-corrected chi connectivity index (χ3v) is 3.41. The first-order valence-electron chi connectivity index (χ1n) is 4.98. The Morgan fingerprint density at radius 1 is 1.25 bits per heavy atom. The van der Waals surface area contributed by atoms with Crippen molar-refractivity contribution in [1.29, 1.82) is 0 Å². The molecule has 2 unspecified atom stereocenters. The van der Waals surface area contributed by atoms with Crippen LogP contribution in [-0.2, 0) is 0 Å². The van der Waals surface area contributed by atoms with E-state index in [4.69, 9.17) is 5.73 Å². The number of likely N-dealkylation sites (tertiary alicyclic amines) is 1. The number of nitrogens with zero attached hydrogens (tertiary/aromatic N) is 1. The highest BCUT2D eigenvalue weighted by molar-refractivity contribution is 5.04. The maximum absolute atomic E-state index is 5.79.